The van der Waals surface area contributed by atoms with Crippen LogP contribution in [0.3, 0.4) is 0 Å². The van der Waals surface area contributed by atoms with E-state index in [0.29, 0.717) is 18.9 Å². The Morgan fingerprint density at radius 1 is 1.56 bits per heavy atom. The molecule has 1 atom stereocenters. The summed E-state index contributed by atoms with van der Waals surface area (Å²) in [5.41, 5.74) is 0.825. The number of hydrogen-bond acceptors (Lipinski definition) is 5. The molecule has 0 aliphatic carbocycles. The number of aryl methyl sites for hydroxylation is 1. The van der Waals surface area contributed by atoms with Crippen LogP contribution in [0.4, 0.5) is 5.82 Å². The Labute approximate surface area is 93.3 Å². The molecular weight excluding hydrogens is 208 g/mol. The van der Waals surface area contributed by atoms with Crippen molar-refractivity contribution in [1.29, 1.82) is 0 Å². The Morgan fingerprint density at radius 2 is 2.38 bits per heavy atom. The van der Waals surface area contributed by atoms with Crippen LogP contribution in [0.1, 0.15) is 5.69 Å². The summed E-state index contributed by atoms with van der Waals surface area (Å²) in [4.78, 5) is 12.8. The number of aliphatic carboxylic acids is 1. The molecule has 0 saturated carbocycles. The highest BCUT2D eigenvalue weighted by atomic mass is 16.4. The van der Waals surface area contributed by atoms with Gasteiger partial charge >= 0.3 is 5.97 Å². The van der Waals surface area contributed by atoms with Crippen molar-refractivity contribution in [2.45, 2.75) is 13.0 Å². The normalized spacial score (nSPS) is 20.8. The lowest BCUT2D eigenvalue weighted by atomic mass is 10.2. The number of carbonyl (C=O) groups is 1. The third kappa shape index (κ3) is 2.11. The molecule has 1 aromatic heterocycles. The Balaban J connectivity index is 2.23. The zero-order valence-electron chi connectivity index (χ0n) is 9.05. The van der Waals surface area contributed by atoms with Gasteiger partial charge in [0.25, 0.3) is 0 Å². The summed E-state index contributed by atoms with van der Waals surface area (Å²) in [7, 11) is 0. The zero-order chi connectivity index (χ0) is 11.5. The summed E-state index contributed by atoms with van der Waals surface area (Å²) in [5, 5.41) is 20.1. The van der Waals surface area contributed by atoms with Gasteiger partial charge in [0.15, 0.2) is 5.82 Å². The Morgan fingerprint density at radius 3 is 3.00 bits per heavy atom. The summed E-state index contributed by atoms with van der Waals surface area (Å²) >= 11 is 0. The molecule has 0 aromatic carbocycles. The van der Waals surface area contributed by atoms with Gasteiger partial charge in [-0.25, -0.2) is 4.79 Å². The molecule has 2 heterocycles. The molecular formula is C10H14N4O2. The Bertz CT molecular complexity index is 379. The smallest absolute Gasteiger partial charge is 0.327 e. The van der Waals surface area contributed by atoms with Crippen molar-refractivity contribution in [2.75, 3.05) is 24.5 Å². The molecule has 1 aliphatic rings. The standard InChI is InChI=1S/C10H14N4O2/c1-7-2-3-9(13-12-7)14-5-4-11-6-8(14)10(15)16/h2-3,8,11H,4-6H2,1H3,(H,15,16). The molecule has 86 valence electrons. The maximum Gasteiger partial charge on any atom is 0.327 e. The average molecular weight is 222 g/mol. The molecule has 0 radical (unpaired) electrons. The lowest BCUT2D eigenvalue weighted by Gasteiger charge is -2.33. The molecule has 2 rings (SSSR count). The Kier molecular flexibility index (Phi) is 3.00. The van der Waals surface area contributed by atoms with Gasteiger partial charge in [0, 0.05) is 19.6 Å². The molecule has 0 amide bonds. The van der Waals surface area contributed by atoms with Crippen LogP contribution < -0.4 is 10.2 Å². The number of nitrogens with zero attached hydrogens (tertiary/aromatic N) is 3. The van der Waals surface area contributed by atoms with Crippen LogP contribution in [-0.2, 0) is 4.79 Å². The van der Waals surface area contributed by atoms with Gasteiger partial charge in [0.05, 0.1) is 5.69 Å². The summed E-state index contributed by atoms with van der Waals surface area (Å²) in [6.45, 7) is 3.68. The molecule has 0 spiro atoms. The van der Waals surface area contributed by atoms with E-state index in [1.165, 1.54) is 0 Å². The summed E-state index contributed by atoms with van der Waals surface area (Å²) < 4.78 is 0. The SMILES string of the molecule is Cc1ccc(N2CCNCC2C(=O)O)nn1. The van der Waals surface area contributed by atoms with Gasteiger partial charge in [-0.05, 0) is 19.1 Å². The molecule has 6 heteroatoms. The second-order valence-electron chi connectivity index (χ2n) is 3.78. The molecule has 6 nitrogen and oxygen atoms in total. The first-order chi connectivity index (χ1) is 7.68. The fraction of sp³-hybridized carbons (Fsp3) is 0.500. The van der Waals surface area contributed by atoms with Gasteiger partial charge in [0.2, 0.25) is 0 Å². The number of nitrogens with one attached hydrogen (secondary N) is 1. The van der Waals surface area contributed by atoms with Crippen molar-refractivity contribution in [1.82, 2.24) is 15.5 Å². The fourth-order valence-corrected chi connectivity index (χ4v) is 1.74. The van der Waals surface area contributed by atoms with Gasteiger partial charge in [-0.1, -0.05) is 0 Å². The monoisotopic (exact) mass is 222 g/mol. The van der Waals surface area contributed by atoms with Crippen molar-refractivity contribution in [3.63, 3.8) is 0 Å². The number of hydrogen-bond donors (Lipinski definition) is 2. The zero-order valence-corrected chi connectivity index (χ0v) is 9.05. The third-order valence-corrected chi connectivity index (χ3v) is 2.61. The van der Waals surface area contributed by atoms with Crippen molar-refractivity contribution >= 4 is 11.8 Å². The molecule has 1 aliphatic heterocycles. The highest BCUT2D eigenvalue weighted by Crippen LogP contribution is 2.14. The first kappa shape index (κ1) is 10.8. The topological polar surface area (TPSA) is 78.4 Å². The van der Waals surface area contributed by atoms with E-state index < -0.39 is 12.0 Å². The van der Waals surface area contributed by atoms with Crippen LogP contribution in [0.15, 0.2) is 12.1 Å². The van der Waals surface area contributed by atoms with Crippen molar-refractivity contribution < 1.29 is 9.90 Å². The first-order valence-electron chi connectivity index (χ1n) is 5.19. The molecule has 1 saturated heterocycles. The van der Waals surface area contributed by atoms with Gasteiger partial charge in [-0.2, -0.15) is 5.10 Å². The van der Waals surface area contributed by atoms with E-state index in [1.807, 2.05) is 19.1 Å². The van der Waals surface area contributed by atoms with Gasteiger partial charge in [0.1, 0.15) is 6.04 Å². The van der Waals surface area contributed by atoms with Crippen molar-refractivity contribution in [3.8, 4) is 0 Å². The minimum Gasteiger partial charge on any atom is -0.480 e. The van der Waals surface area contributed by atoms with Gasteiger partial charge in [-0.3, -0.25) is 0 Å². The van der Waals surface area contributed by atoms with E-state index in [2.05, 4.69) is 15.5 Å². The van der Waals surface area contributed by atoms with Crippen LogP contribution in [0, 0.1) is 6.92 Å². The Hall–Kier alpha value is -1.69. The fourth-order valence-electron chi connectivity index (χ4n) is 1.74. The lowest BCUT2D eigenvalue weighted by molar-refractivity contribution is -0.138. The summed E-state index contributed by atoms with van der Waals surface area (Å²) in [6.07, 6.45) is 0. The molecule has 16 heavy (non-hydrogen) atoms. The highest BCUT2D eigenvalue weighted by Gasteiger charge is 2.29. The predicted octanol–water partition coefficient (Wildman–Crippen LogP) is -0.352. The van der Waals surface area contributed by atoms with Crippen LogP contribution >= 0.6 is 0 Å². The van der Waals surface area contributed by atoms with Crippen LogP contribution in [0.2, 0.25) is 0 Å². The van der Waals surface area contributed by atoms with E-state index in [0.717, 1.165) is 12.2 Å². The lowest BCUT2D eigenvalue weighted by Crippen LogP contribution is -2.55. The first-order valence-corrected chi connectivity index (χ1v) is 5.19. The molecule has 0 bridgehead atoms. The van der Waals surface area contributed by atoms with Gasteiger partial charge < -0.3 is 15.3 Å². The summed E-state index contributed by atoms with van der Waals surface area (Å²) in [6, 6.07) is 3.08. The van der Waals surface area contributed by atoms with Gasteiger partial charge in [-0.15, -0.1) is 5.10 Å². The third-order valence-electron chi connectivity index (χ3n) is 2.61. The quantitative estimate of drug-likeness (QED) is 0.712. The predicted molar refractivity (Wildman–Crippen MR) is 58.4 cm³/mol. The maximum absolute atomic E-state index is 11.1. The number of carboxylic acid groups (broad SMARTS) is 1. The van der Waals surface area contributed by atoms with Crippen LogP contribution in [0.5, 0.6) is 0 Å². The van der Waals surface area contributed by atoms with Crippen LogP contribution in [-0.4, -0.2) is 46.9 Å². The minimum atomic E-state index is -0.838. The maximum atomic E-state index is 11.1. The van der Waals surface area contributed by atoms with E-state index in [-0.39, 0.29) is 0 Å². The molecule has 1 fully saturated rings. The van der Waals surface area contributed by atoms with E-state index in [4.69, 9.17) is 5.11 Å². The molecule has 2 N–H and O–H groups in total. The molecule has 1 aromatic rings. The van der Waals surface area contributed by atoms with E-state index >= 15 is 0 Å². The number of aromatic nitrogens is 2. The number of piperazine rings is 1. The summed E-state index contributed by atoms with van der Waals surface area (Å²) in [5.74, 6) is -0.214. The number of anilines is 1. The number of rotatable bonds is 2. The second kappa shape index (κ2) is 4.44. The van der Waals surface area contributed by atoms with E-state index in [1.54, 1.807) is 4.90 Å². The van der Waals surface area contributed by atoms with Crippen LogP contribution in [0.25, 0.3) is 0 Å². The second-order valence-corrected chi connectivity index (χ2v) is 3.78. The highest BCUT2D eigenvalue weighted by molar-refractivity contribution is 5.78. The van der Waals surface area contributed by atoms with E-state index in [9.17, 15) is 4.79 Å². The van der Waals surface area contributed by atoms with Crippen molar-refractivity contribution in [3.05, 3.63) is 17.8 Å². The number of carboxylic acids is 1. The van der Waals surface area contributed by atoms with Crippen molar-refractivity contribution in [2.24, 2.45) is 0 Å². The molecule has 1 unspecified atom stereocenters. The largest absolute Gasteiger partial charge is 0.480 e. The average Bonchev–Trinajstić information content (AvgIpc) is 2.30. The minimum absolute atomic E-state index is 0.435.